The van der Waals surface area contributed by atoms with Crippen LogP contribution in [0.2, 0.25) is 0 Å². The van der Waals surface area contributed by atoms with Crippen LogP contribution in [0.25, 0.3) is 0 Å². The van der Waals surface area contributed by atoms with E-state index in [2.05, 4.69) is 38.2 Å². The first-order chi connectivity index (χ1) is 21.2. The first-order valence-electron chi connectivity index (χ1n) is 18.9. The number of unbranched alkanes of at least 4 members (excludes halogenated alkanes) is 23. The molecule has 0 rings (SSSR count). The minimum absolute atomic E-state index is 0.170. The van der Waals surface area contributed by atoms with E-state index in [1.807, 2.05) is 0 Å². The van der Waals surface area contributed by atoms with Gasteiger partial charge in [-0.25, -0.2) is 0 Å². The zero-order valence-corrected chi connectivity index (χ0v) is 29.0. The Balaban J connectivity index is 3.42. The molecule has 0 saturated heterocycles. The maximum atomic E-state index is 12.1. The SMILES string of the molecule is CCCCCC/C=C\C/C=C\CCCCCCCCCCOCC(CO)OC(=O)CCCCCCCCCCCCCC. The van der Waals surface area contributed by atoms with E-state index in [-0.39, 0.29) is 12.6 Å². The summed E-state index contributed by atoms with van der Waals surface area (Å²) in [6.45, 7) is 5.33. The molecular weight excluding hydrogens is 532 g/mol. The molecule has 0 bridgehead atoms. The lowest BCUT2D eigenvalue weighted by Crippen LogP contribution is -2.27. The van der Waals surface area contributed by atoms with Crippen molar-refractivity contribution in [1.29, 1.82) is 0 Å². The van der Waals surface area contributed by atoms with Crippen molar-refractivity contribution in [3.8, 4) is 0 Å². The van der Waals surface area contributed by atoms with Crippen molar-refractivity contribution in [3.63, 3.8) is 0 Å². The normalized spacial score (nSPS) is 12.5. The summed E-state index contributed by atoms with van der Waals surface area (Å²) >= 11 is 0. The van der Waals surface area contributed by atoms with Gasteiger partial charge in [-0.2, -0.15) is 0 Å². The monoisotopic (exact) mass is 607 g/mol. The maximum Gasteiger partial charge on any atom is 0.306 e. The molecule has 43 heavy (non-hydrogen) atoms. The van der Waals surface area contributed by atoms with Gasteiger partial charge >= 0.3 is 5.97 Å². The molecule has 0 aromatic heterocycles. The van der Waals surface area contributed by atoms with Gasteiger partial charge in [-0.3, -0.25) is 4.79 Å². The predicted octanol–water partition coefficient (Wildman–Crippen LogP) is 12.0. The molecule has 254 valence electrons. The van der Waals surface area contributed by atoms with E-state index in [0.29, 0.717) is 19.6 Å². The second-order valence-electron chi connectivity index (χ2n) is 12.7. The van der Waals surface area contributed by atoms with Gasteiger partial charge in [0.05, 0.1) is 13.2 Å². The fraction of sp³-hybridized carbons (Fsp3) is 0.872. The number of hydrogen-bond acceptors (Lipinski definition) is 4. The third kappa shape index (κ3) is 35.2. The Labute approximate surface area is 268 Å². The van der Waals surface area contributed by atoms with Crippen molar-refractivity contribution in [2.24, 2.45) is 0 Å². The molecule has 0 aliphatic rings. The molecule has 0 radical (unpaired) electrons. The number of ether oxygens (including phenoxy) is 2. The van der Waals surface area contributed by atoms with Gasteiger partial charge in [0, 0.05) is 13.0 Å². The second kappa shape index (κ2) is 37.1. The first-order valence-corrected chi connectivity index (χ1v) is 18.9. The highest BCUT2D eigenvalue weighted by atomic mass is 16.6. The highest BCUT2D eigenvalue weighted by Gasteiger charge is 2.13. The maximum absolute atomic E-state index is 12.1. The first kappa shape index (κ1) is 41.9. The Morgan fingerprint density at radius 1 is 0.558 bits per heavy atom. The van der Waals surface area contributed by atoms with Crippen LogP contribution in [0.3, 0.4) is 0 Å². The summed E-state index contributed by atoms with van der Waals surface area (Å²) < 4.78 is 11.1. The number of carbonyl (C=O) groups excluding carboxylic acids is 1. The lowest BCUT2D eigenvalue weighted by atomic mass is 10.0. The summed E-state index contributed by atoms with van der Waals surface area (Å²) in [7, 11) is 0. The molecule has 1 unspecified atom stereocenters. The van der Waals surface area contributed by atoms with E-state index in [0.717, 1.165) is 25.7 Å². The average Bonchev–Trinajstić information content (AvgIpc) is 3.01. The third-order valence-corrected chi connectivity index (χ3v) is 8.28. The minimum atomic E-state index is -0.531. The van der Waals surface area contributed by atoms with Gasteiger partial charge in [0.1, 0.15) is 6.10 Å². The number of hydrogen-bond donors (Lipinski definition) is 1. The smallest absolute Gasteiger partial charge is 0.306 e. The van der Waals surface area contributed by atoms with Crippen molar-refractivity contribution >= 4 is 5.97 Å². The molecule has 1 N–H and O–H groups in total. The molecular formula is C39H74O4. The molecule has 0 saturated carbocycles. The molecule has 0 aromatic carbocycles. The van der Waals surface area contributed by atoms with Crippen molar-refractivity contribution < 1.29 is 19.4 Å². The fourth-order valence-corrected chi connectivity index (χ4v) is 5.42. The highest BCUT2D eigenvalue weighted by molar-refractivity contribution is 5.69. The van der Waals surface area contributed by atoms with Crippen LogP contribution in [0, 0.1) is 0 Å². The lowest BCUT2D eigenvalue weighted by Gasteiger charge is -2.16. The Kier molecular flexibility index (Phi) is 36.1. The minimum Gasteiger partial charge on any atom is -0.457 e. The van der Waals surface area contributed by atoms with Crippen molar-refractivity contribution in [3.05, 3.63) is 24.3 Å². The third-order valence-electron chi connectivity index (χ3n) is 8.28. The van der Waals surface area contributed by atoms with Gasteiger partial charge in [0.15, 0.2) is 0 Å². The lowest BCUT2D eigenvalue weighted by molar-refractivity contribution is -0.154. The highest BCUT2D eigenvalue weighted by Crippen LogP contribution is 2.14. The number of allylic oxidation sites excluding steroid dienone is 4. The van der Waals surface area contributed by atoms with Gasteiger partial charge in [-0.1, -0.05) is 167 Å². The summed E-state index contributed by atoms with van der Waals surface area (Å²) in [5, 5.41) is 9.55. The summed E-state index contributed by atoms with van der Waals surface area (Å²) in [6, 6.07) is 0. The van der Waals surface area contributed by atoms with Crippen LogP contribution in [0.5, 0.6) is 0 Å². The van der Waals surface area contributed by atoms with Crippen LogP contribution in [0.1, 0.15) is 194 Å². The van der Waals surface area contributed by atoms with Crippen molar-refractivity contribution in [2.45, 2.75) is 200 Å². The van der Waals surface area contributed by atoms with Crippen LogP contribution in [-0.4, -0.2) is 37.0 Å². The van der Waals surface area contributed by atoms with E-state index in [1.54, 1.807) is 0 Å². The summed E-state index contributed by atoms with van der Waals surface area (Å²) in [4.78, 5) is 12.1. The zero-order valence-electron chi connectivity index (χ0n) is 29.0. The Hall–Kier alpha value is -1.13. The van der Waals surface area contributed by atoms with Gasteiger partial charge < -0.3 is 14.6 Å². The van der Waals surface area contributed by atoms with E-state index in [4.69, 9.17) is 9.47 Å². The largest absolute Gasteiger partial charge is 0.457 e. The molecule has 0 spiro atoms. The molecule has 0 aliphatic heterocycles. The van der Waals surface area contributed by atoms with Crippen LogP contribution in [0.4, 0.5) is 0 Å². The number of aliphatic hydroxyl groups is 1. The van der Waals surface area contributed by atoms with E-state index >= 15 is 0 Å². The summed E-state index contributed by atoms with van der Waals surface area (Å²) in [6.07, 6.45) is 43.6. The molecule has 0 aromatic rings. The van der Waals surface area contributed by atoms with Crippen LogP contribution in [0.15, 0.2) is 24.3 Å². The average molecular weight is 607 g/mol. The van der Waals surface area contributed by atoms with Crippen molar-refractivity contribution in [1.82, 2.24) is 0 Å². The predicted molar refractivity (Wildman–Crippen MR) is 187 cm³/mol. The number of aliphatic hydroxyl groups excluding tert-OH is 1. The number of carbonyl (C=O) groups is 1. The van der Waals surface area contributed by atoms with Crippen LogP contribution < -0.4 is 0 Å². The number of esters is 1. The molecule has 4 heteroatoms. The summed E-state index contributed by atoms with van der Waals surface area (Å²) in [5.41, 5.74) is 0. The van der Waals surface area contributed by atoms with E-state index in [9.17, 15) is 9.90 Å². The van der Waals surface area contributed by atoms with Crippen LogP contribution >= 0.6 is 0 Å². The van der Waals surface area contributed by atoms with E-state index in [1.165, 1.54) is 148 Å². The van der Waals surface area contributed by atoms with Gasteiger partial charge in [-0.15, -0.1) is 0 Å². The molecule has 0 aliphatic carbocycles. The van der Waals surface area contributed by atoms with Crippen molar-refractivity contribution in [2.75, 3.05) is 19.8 Å². The second-order valence-corrected chi connectivity index (χ2v) is 12.7. The molecule has 1 atom stereocenters. The molecule has 0 heterocycles. The van der Waals surface area contributed by atoms with Crippen LogP contribution in [-0.2, 0) is 14.3 Å². The summed E-state index contributed by atoms with van der Waals surface area (Å²) in [5.74, 6) is -0.202. The Morgan fingerprint density at radius 2 is 0.977 bits per heavy atom. The number of rotatable bonds is 35. The fourth-order valence-electron chi connectivity index (χ4n) is 5.42. The quantitative estimate of drug-likeness (QED) is 0.0443. The Bertz CT molecular complexity index is 600. The topological polar surface area (TPSA) is 55.8 Å². The molecule has 0 amide bonds. The van der Waals surface area contributed by atoms with Gasteiger partial charge in [-0.05, 0) is 44.9 Å². The van der Waals surface area contributed by atoms with Gasteiger partial charge in [0.2, 0.25) is 0 Å². The van der Waals surface area contributed by atoms with Gasteiger partial charge in [0.25, 0.3) is 0 Å². The standard InChI is InChI=1S/C39H74O4/c1-3-5-7-9-11-13-15-17-18-19-20-21-22-23-25-27-29-31-33-35-42-37-38(36-40)43-39(41)34-32-30-28-26-24-16-14-12-10-8-6-4-2/h13,15,18-19,38,40H,3-12,14,16-17,20-37H2,1-2H3/b15-13-,19-18-. The zero-order chi connectivity index (χ0) is 31.3. The molecule has 4 nitrogen and oxygen atoms in total. The molecule has 0 fully saturated rings. The Morgan fingerprint density at radius 3 is 1.47 bits per heavy atom. The van der Waals surface area contributed by atoms with E-state index < -0.39 is 6.10 Å².